The van der Waals surface area contributed by atoms with Crippen LogP contribution >= 0.6 is 12.4 Å². The maximum absolute atomic E-state index is 12.3. The predicted molar refractivity (Wildman–Crippen MR) is 89.3 cm³/mol. The van der Waals surface area contributed by atoms with E-state index >= 15 is 0 Å². The van der Waals surface area contributed by atoms with Crippen LogP contribution in [0.2, 0.25) is 0 Å². The molecule has 0 radical (unpaired) electrons. The molecule has 0 bridgehead atoms. The molecule has 1 atom stereocenters. The van der Waals surface area contributed by atoms with Crippen LogP contribution in [-0.4, -0.2) is 35.4 Å². The predicted octanol–water partition coefficient (Wildman–Crippen LogP) is 1.20. The van der Waals surface area contributed by atoms with Crippen LogP contribution in [0.3, 0.4) is 0 Å². The summed E-state index contributed by atoms with van der Waals surface area (Å²) in [5, 5.41) is 16.9. The first-order chi connectivity index (χ1) is 10.4. The highest BCUT2D eigenvalue weighted by atomic mass is 35.5. The zero-order valence-corrected chi connectivity index (χ0v) is 13.4. The first kappa shape index (κ1) is 18.6. The van der Waals surface area contributed by atoms with Crippen LogP contribution in [0.5, 0.6) is 0 Å². The van der Waals surface area contributed by atoms with Gasteiger partial charge in [-0.25, -0.2) is 0 Å². The second kappa shape index (κ2) is 7.70. The topological polar surface area (TPSA) is 117 Å². The third-order valence-corrected chi connectivity index (χ3v) is 3.34. The fourth-order valence-electron chi connectivity index (χ4n) is 1.99. The van der Waals surface area contributed by atoms with Gasteiger partial charge in [-0.15, -0.1) is 12.4 Å². The molecule has 0 fully saturated rings. The molecule has 2 rings (SSSR count). The zero-order chi connectivity index (χ0) is 16.3. The number of halogens is 1. The van der Waals surface area contributed by atoms with Crippen LogP contribution in [0.25, 0.3) is 10.9 Å². The molecule has 0 saturated carbocycles. The number of hydrogen-bond acceptors (Lipinski definition) is 5. The molecule has 0 spiro atoms. The summed E-state index contributed by atoms with van der Waals surface area (Å²) < 4.78 is 0. The number of carbonyl (C=O) groups is 1. The summed E-state index contributed by atoms with van der Waals surface area (Å²) in [6, 6.07) is 5.18. The van der Waals surface area contributed by atoms with Gasteiger partial charge in [-0.05, 0) is 20.0 Å². The largest absolute Gasteiger partial charge is 0.350 e. The summed E-state index contributed by atoms with van der Waals surface area (Å²) in [7, 11) is 1.77. The van der Waals surface area contributed by atoms with Crippen molar-refractivity contribution in [1.29, 1.82) is 0 Å². The molecule has 1 aromatic carbocycles. The number of aromatic amines is 1. The summed E-state index contributed by atoms with van der Waals surface area (Å²) in [4.78, 5) is 36.8. The summed E-state index contributed by atoms with van der Waals surface area (Å²) >= 11 is 0. The first-order valence-corrected chi connectivity index (χ1v) is 6.69. The molecular formula is C14H17ClN4O4. The maximum Gasteiger partial charge on any atom is 0.270 e. The highest BCUT2D eigenvalue weighted by Crippen LogP contribution is 2.21. The van der Waals surface area contributed by atoms with Crippen LogP contribution < -0.4 is 16.2 Å². The number of nitro benzene ring substituents is 1. The SMILES string of the molecule is CNC(C)CNC(=O)c1cc(=O)[nH]c2ccc([N+](=O)[O-])cc12.Cl. The molecule has 0 aliphatic heterocycles. The number of aromatic nitrogens is 1. The summed E-state index contributed by atoms with van der Waals surface area (Å²) in [6.45, 7) is 2.26. The second-order valence-electron chi connectivity index (χ2n) is 4.93. The molecule has 3 N–H and O–H groups in total. The number of fused-ring (bicyclic) bond motifs is 1. The lowest BCUT2D eigenvalue weighted by molar-refractivity contribution is -0.384. The molecule has 0 aliphatic carbocycles. The van der Waals surface area contributed by atoms with E-state index < -0.39 is 16.4 Å². The Labute approximate surface area is 137 Å². The van der Waals surface area contributed by atoms with Crippen molar-refractivity contribution in [2.45, 2.75) is 13.0 Å². The minimum atomic E-state index is -0.546. The standard InChI is InChI=1S/C14H16N4O4.ClH/c1-8(15-2)7-16-14(20)11-6-13(19)17-12-4-3-9(18(21)22)5-10(11)12;/h3-6,8,15H,7H2,1-2H3,(H,16,20)(H,17,19);1H. The molecule has 9 heteroatoms. The van der Waals surface area contributed by atoms with E-state index in [1.54, 1.807) is 7.05 Å². The van der Waals surface area contributed by atoms with Crippen molar-refractivity contribution in [3.8, 4) is 0 Å². The Bertz CT molecular complexity index is 790. The molecule has 1 heterocycles. The number of nitrogens with zero attached hydrogens (tertiary/aromatic N) is 1. The molecule has 1 amide bonds. The van der Waals surface area contributed by atoms with E-state index in [2.05, 4.69) is 15.6 Å². The number of H-pyrrole nitrogens is 1. The molecule has 1 aromatic heterocycles. The number of rotatable bonds is 5. The molecular weight excluding hydrogens is 324 g/mol. The minimum Gasteiger partial charge on any atom is -0.350 e. The van der Waals surface area contributed by atoms with Crippen LogP contribution in [0.1, 0.15) is 17.3 Å². The van der Waals surface area contributed by atoms with Gasteiger partial charge in [-0.1, -0.05) is 0 Å². The van der Waals surface area contributed by atoms with Crippen molar-refractivity contribution in [3.63, 3.8) is 0 Å². The fourth-order valence-corrected chi connectivity index (χ4v) is 1.99. The Balaban J connectivity index is 0.00000264. The second-order valence-corrected chi connectivity index (χ2v) is 4.93. The van der Waals surface area contributed by atoms with E-state index in [9.17, 15) is 19.7 Å². The van der Waals surface area contributed by atoms with E-state index in [1.807, 2.05) is 6.92 Å². The van der Waals surface area contributed by atoms with E-state index in [-0.39, 0.29) is 29.7 Å². The van der Waals surface area contributed by atoms with Crippen molar-refractivity contribution in [2.24, 2.45) is 0 Å². The molecule has 1 unspecified atom stereocenters. The fraction of sp³-hybridized carbons (Fsp3) is 0.286. The average molecular weight is 341 g/mol. The van der Waals surface area contributed by atoms with Gasteiger partial charge in [-0.3, -0.25) is 19.7 Å². The quantitative estimate of drug-likeness (QED) is 0.558. The number of pyridine rings is 1. The number of nitro groups is 1. The van der Waals surface area contributed by atoms with E-state index in [4.69, 9.17) is 0 Å². The van der Waals surface area contributed by atoms with Crippen molar-refractivity contribution in [2.75, 3.05) is 13.6 Å². The molecule has 2 aromatic rings. The highest BCUT2D eigenvalue weighted by Gasteiger charge is 2.15. The van der Waals surface area contributed by atoms with E-state index in [0.29, 0.717) is 17.4 Å². The molecule has 0 saturated heterocycles. The molecule has 124 valence electrons. The monoisotopic (exact) mass is 340 g/mol. The van der Waals surface area contributed by atoms with Crippen LogP contribution in [0.4, 0.5) is 5.69 Å². The van der Waals surface area contributed by atoms with Gasteiger partial charge in [0.15, 0.2) is 0 Å². The van der Waals surface area contributed by atoms with Crippen molar-refractivity contribution < 1.29 is 9.72 Å². The number of carbonyl (C=O) groups excluding carboxylic acids is 1. The third kappa shape index (κ3) is 4.27. The summed E-state index contributed by atoms with van der Waals surface area (Å²) in [5.41, 5.74) is -0.0824. The van der Waals surface area contributed by atoms with Crippen molar-refractivity contribution >= 4 is 34.9 Å². The Morgan fingerprint density at radius 3 is 2.70 bits per heavy atom. The van der Waals surface area contributed by atoms with E-state index in [0.717, 1.165) is 6.07 Å². The average Bonchev–Trinajstić information content (AvgIpc) is 2.50. The van der Waals surface area contributed by atoms with Gasteiger partial charge in [0.1, 0.15) is 0 Å². The number of amides is 1. The number of non-ortho nitro benzene ring substituents is 1. The Morgan fingerprint density at radius 2 is 2.09 bits per heavy atom. The van der Waals surface area contributed by atoms with Gasteiger partial charge >= 0.3 is 0 Å². The Kier molecular flexibility index (Phi) is 6.23. The lowest BCUT2D eigenvalue weighted by atomic mass is 10.1. The maximum atomic E-state index is 12.3. The van der Waals surface area contributed by atoms with Gasteiger partial charge in [0.25, 0.3) is 11.6 Å². The normalized spacial score (nSPS) is 11.6. The number of nitrogens with one attached hydrogen (secondary N) is 3. The lowest BCUT2D eigenvalue weighted by Gasteiger charge is -2.12. The van der Waals surface area contributed by atoms with E-state index in [1.165, 1.54) is 18.2 Å². The van der Waals surface area contributed by atoms with Crippen LogP contribution in [0, 0.1) is 10.1 Å². The molecule has 0 aliphatic rings. The molecule has 8 nitrogen and oxygen atoms in total. The zero-order valence-electron chi connectivity index (χ0n) is 12.6. The third-order valence-electron chi connectivity index (χ3n) is 3.34. The number of likely N-dealkylation sites (N-methyl/N-ethyl adjacent to an activating group) is 1. The van der Waals surface area contributed by atoms with Crippen LogP contribution in [-0.2, 0) is 0 Å². The Hall–Kier alpha value is -2.45. The van der Waals surface area contributed by atoms with Crippen molar-refractivity contribution in [1.82, 2.24) is 15.6 Å². The number of benzene rings is 1. The molecule has 23 heavy (non-hydrogen) atoms. The number of hydrogen-bond donors (Lipinski definition) is 3. The lowest BCUT2D eigenvalue weighted by Crippen LogP contribution is -2.37. The van der Waals surface area contributed by atoms with Gasteiger partial charge in [0.2, 0.25) is 5.56 Å². The minimum absolute atomic E-state index is 0. The Morgan fingerprint density at radius 1 is 1.39 bits per heavy atom. The van der Waals surface area contributed by atoms with Crippen molar-refractivity contribution in [3.05, 3.63) is 50.3 Å². The smallest absolute Gasteiger partial charge is 0.270 e. The van der Waals surface area contributed by atoms with Gasteiger partial charge in [0, 0.05) is 41.7 Å². The first-order valence-electron chi connectivity index (χ1n) is 6.69. The summed E-state index contributed by atoms with van der Waals surface area (Å²) in [5.74, 6) is -0.446. The highest BCUT2D eigenvalue weighted by molar-refractivity contribution is 6.06. The van der Waals surface area contributed by atoms with Gasteiger partial charge in [-0.2, -0.15) is 0 Å². The summed E-state index contributed by atoms with van der Waals surface area (Å²) in [6.07, 6.45) is 0. The van der Waals surface area contributed by atoms with Crippen LogP contribution in [0.15, 0.2) is 29.1 Å². The van der Waals surface area contributed by atoms with Gasteiger partial charge < -0.3 is 15.6 Å². The van der Waals surface area contributed by atoms with Gasteiger partial charge in [0.05, 0.1) is 10.5 Å².